The van der Waals surface area contributed by atoms with Gasteiger partial charge in [0.1, 0.15) is 0 Å². The third-order valence-corrected chi connectivity index (χ3v) is 5.35. The van der Waals surface area contributed by atoms with Crippen LogP contribution in [0.5, 0.6) is 0 Å². The molecule has 2 aliphatic heterocycles. The summed E-state index contributed by atoms with van der Waals surface area (Å²) in [4.78, 5) is 17.2. The van der Waals surface area contributed by atoms with E-state index in [0.717, 1.165) is 39.0 Å². The Labute approximate surface area is 133 Å². The highest BCUT2D eigenvalue weighted by Gasteiger charge is 2.37. The standard InChI is InChI=1S/C18H27N3O/c1-20-9-7-15(8-10-20)18(22)21-12-16(11-19)17(13-21)14-5-3-2-4-6-14/h2-6,15-17H,7-13,19H2,1H3/t16-,17+/m1/s1. The van der Waals surface area contributed by atoms with Crippen LogP contribution in [0.25, 0.3) is 0 Å². The van der Waals surface area contributed by atoms with E-state index < -0.39 is 0 Å². The smallest absolute Gasteiger partial charge is 0.225 e. The Morgan fingerprint density at radius 3 is 2.50 bits per heavy atom. The monoisotopic (exact) mass is 301 g/mol. The van der Waals surface area contributed by atoms with Crippen LogP contribution in [0.2, 0.25) is 0 Å². The number of hydrogen-bond donors (Lipinski definition) is 1. The molecule has 0 bridgehead atoms. The zero-order chi connectivity index (χ0) is 15.5. The van der Waals surface area contributed by atoms with Crippen molar-refractivity contribution < 1.29 is 4.79 Å². The lowest BCUT2D eigenvalue weighted by Crippen LogP contribution is -2.40. The molecule has 1 aromatic rings. The molecule has 0 spiro atoms. The Hall–Kier alpha value is -1.39. The average Bonchev–Trinajstić information content (AvgIpc) is 3.00. The first-order valence-electron chi connectivity index (χ1n) is 8.41. The molecule has 2 N–H and O–H groups in total. The Kier molecular flexibility index (Phi) is 4.79. The van der Waals surface area contributed by atoms with Gasteiger partial charge in [-0.15, -0.1) is 0 Å². The highest BCUT2D eigenvalue weighted by atomic mass is 16.2. The summed E-state index contributed by atoms with van der Waals surface area (Å²) in [7, 11) is 2.13. The van der Waals surface area contributed by atoms with E-state index in [2.05, 4.69) is 41.1 Å². The van der Waals surface area contributed by atoms with Gasteiger partial charge in [-0.3, -0.25) is 4.79 Å². The molecule has 0 aliphatic carbocycles. The number of hydrogen-bond acceptors (Lipinski definition) is 3. The normalized spacial score (nSPS) is 27.3. The van der Waals surface area contributed by atoms with E-state index >= 15 is 0 Å². The number of nitrogens with zero attached hydrogens (tertiary/aromatic N) is 2. The van der Waals surface area contributed by atoms with Crippen molar-refractivity contribution in [2.45, 2.75) is 18.8 Å². The van der Waals surface area contributed by atoms with Gasteiger partial charge in [-0.2, -0.15) is 0 Å². The molecule has 1 aromatic carbocycles. The van der Waals surface area contributed by atoms with Crippen molar-refractivity contribution in [2.75, 3.05) is 39.8 Å². The number of rotatable bonds is 3. The molecule has 0 saturated carbocycles. The number of benzene rings is 1. The molecule has 2 fully saturated rings. The van der Waals surface area contributed by atoms with Crippen molar-refractivity contribution in [1.82, 2.24) is 9.80 Å². The topological polar surface area (TPSA) is 49.6 Å². The van der Waals surface area contributed by atoms with E-state index in [0.29, 0.717) is 24.3 Å². The molecular formula is C18H27N3O. The molecule has 0 radical (unpaired) electrons. The van der Waals surface area contributed by atoms with E-state index in [1.54, 1.807) is 0 Å². The maximum absolute atomic E-state index is 12.8. The van der Waals surface area contributed by atoms with Gasteiger partial charge < -0.3 is 15.5 Å². The quantitative estimate of drug-likeness (QED) is 0.921. The van der Waals surface area contributed by atoms with Gasteiger partial charge in [0.15, 0.2) is 0 Å². The lowest BCUT2D eigenvalue weighted by Gasteiger charge is -2.31. The third-order valence-electron chi connectivity index (χ3n) is 5.35. The second-order valence-electron chi connectivity index (χ2n) is 6.83. The molecule has 0 unspecified atom stereocenters. The van der Waals surface area contributed by atoms with E-state index in [9.17, 15) is 4.79 Å². The van der Waals surface area contributed by atoms with Crippen LogP contribution in [0.1, 0.15) is 24.3 Å². The largest absolute Gasteiger partial charge is 0.341 e. The molecule has 3 rings (SSSR count). The fourth-order valence-corrected chi connectivity index (χ4v) is 3.88. The van der Waals surface area contributed by atoms with Crippen LogP contribution in [0.3, 0.4) is 0 Å². The van der Waals surface area contributed by atoms with Crippen LogP contribution in [0.4, 0.5) is 0 Å². The number of carbonyl (C=O) groups excluding carboxylic acids is 1. The second kappa shape index (κ2) is 6.80. The Morgan fingerprint density at radius 2 is 1.86 bits per heavy atom. The Morgan fingerprint density at radius 1 is 1.18 bits per heavy atom. The summed E-state index contributed by atoms with van der Waals surface area (Å²) < 4.78 is 0. The molecule has 2 saturated heterocycles. The number of likely N-dealkylation sites (tertiary alicyclic amines) is 2. The SMILES string of the molecule is CN1CCC(C(=O)N2C[C@@H](CN)[C@H](c3ccccc3)C2)CC1. The molecule has 1 amide bonds. The molecule has 2 heterocycles. The maximum Gasteiger partial charge on any atom is 0.225 e. The molecular weight excluding hydrogens is 274 g/mol. The van der Waals surface area contributed by atoms with E-state index in [4.69, 9.17) is 5.73 Å². The van der Waals surface area contributed by atoms with Gasteiger partial charge in [0.25, 0.3) is 0 Å². The minimum Gasteiger partial charge on any atom is -0.341 e. The van der Waals surface area contributed by atoms with E-state index in [-0.39, 0.29) is 5.92 Å². The van der Waals surface area contributed by atoms with Crippen LogP contribution in [0.15, 0.2) is 30.3 Å². The highest BCUT2D eigenvalue weighted by Crippen LogP contribution is 2.33. The zero-order valence-electron chi connectivity index (χ0n) is 13.4. The van der Waals surface area contributed by atoms with Crippen LogP contribution in [-0.4, -0.2) is 55.5 Å². The first kappa shape index (κ1) is 15.5. The summed E-state index contributed by atoms with van der Waals surface area (Å²) in [5.41, 5.74) is 7.29. The average molecular weight is 301 g/mol. The molecule has 4 nitrogen and oxygen atoms in total. The lowest BCUT2D eigenvalue weighted by molar-refractivity contribution is -0.136. The minimum atomic E-state index is 0.212. The first-order chi connectivity index (χ1) is 10.7. The first-order valence-corrected chi connectivity index (χ1v) is 8.41. The zero-order valence-corrected chi connectivity index (χ0v) is 13.4. The van der Waals surface area contributed by atoms with Gasteiger partial charge in [-0.25, -0.2) is 0 Å². The predicted octanol–water partition coefficient (Wildman–Crippen LogP) is 1.53. The van der Waals surface area contributed by atoms with Gasteiger partial charge in [0.2, 0.25) is 5.91 Å². The summed E-state index contributed by atoms with van der Waals surface area (Å²) in [6.45, 7) is 4.37. The second-order valence-corrected chi connectivity index (χ2v) is 6.83. The van der Waals surface area contributed by atoms with Crippen molar-refractivity contribution in [1.29, 1.82) is 0 Å². The number of piperidine rings is 1. The summed E-state index contributed by atoms with van der Waals surface area (Å²) in [6, 6.07) is 10.5. The fraction of sp³-hybridized carbons (Fsp3) is 0.611. The van der Waals surface area contributed by atoms with Gasteiger partial charge in [0.05, 0.1) is 0 Å². The molecule has 2 atom stereocenters. The molecule has 120 valence electrons. The Balaban J connectivity index is 1.67. The van der Waals surface area contributed by atoms with Crippen molar-refractivity contribution >= 4 is 5.91 Å². The minimum absolute atomic E-state index is 0.212. The van der Waals surface area contributed by atoms with Crippen LogP contribution in [0, 0.1) is 11.8 Å². The molecule has 4 heteroatoms. The third kappa shape index (κ3) is 3.18. The lowest BCUT2D eigenvalue weighted by atomic mass is 9.89. The van der Waals surface area contributed by atoms with Crippen LogP contribution >= 0.6 is 0 Å². The summed E-state index contributed by atoms with van der Waals surface area (Å²) in [5.74, 6) is 1.34. The van der Waals surface area contributed by atoms with Crippen LogP contribution in [-0.2, 0) is 4.79 Å². The summed E-state index contributed by atoms with van der Waals surface area (Å²) in [5, 5.41) is 0. The number of carbonyl (C=O) groups is 1. The number of nitrogens with two attached hydrogens (primary N) is 1. The van der Waals surface area contributed by atoms with E-state index in [1.165, 1.54) is 5.56 Å². The highest BCUT2D eigenvalue weighted by molar-refractivity contribution is 5.79. The summed E-state index contributed by atoms with van der Waals surface area (Å²) in [6.07, 6.45) is 1.99. The number of amides is 1. The van der Waals surface area contributed by atoms with Gasteiger partial charge >= 0.3 is 0 Å². The molecule has 22 heavy (non-hydrogen) atoms. The van der Waals surface area contributed by atoms with Crippen molar-refractivity contribution in [2.24, 2.45) is 17.6 Å². The van der Waals surface area contributed by atoms with Crippen molar-refractivity contribution in [3.05, 3.63) is 35.9 Å². The molecule has 0 aromatic heterocycles. The van der Waals surface area contributed by atoms with Gasteiger partial charge in [-0.05, 0) is 51.0 Å². The maximum atomic E-state index is 12.8. The van der Waals surface area contributed by atoms with Crippen molar-refractivity contribution in [3.63, 3.8) is 0 Å². The Bertz CT molecular complexity index is 496. The summed E-state index contributed by atoms with van der Waals surface area (Å²) >= 11 is 0. The predicted molar refractivity (Wildman–Crippen MR) is 88.5 cm³/mol. The van der Waals surface area contributed by atoms with Gasteiger partial charge in [0, 0.05) is 24.9 Å². The van der Waals surface area contributed by atoms with Crippen LogP contribution < -0.4 is 5.73 Å². The van der Waals surface area contributed by atoms with E-state index in [1.807, 2.05) is 6.07 Å². The molecule has 2 aliphatic rings. The van der Waals surface area contributed by atoms with Crippen molar-refractivity contribution in [3.8, 4) is 0 Å². The fourth-order valence-electron chi connectivity index (χ4n) is 3.88. The van der Waals surface area contributed by atoms with Gasteiger partial charge in [-0.1, -0.05) is 30.3 Å².